The largest absolute Gasteiger partial charge is 0.322 e. The summed E-state index contributed by atoms with van der Waals surface area (Å²) < 4.78 is 1.86. The van der Waals surface area contributed by atoms with Crippen molar-refractivity contribution in [2.24, 2.45) is 5.92 Å². The SMILES string of the molecule is CC(C)n1cc(NC(=O)C2CC3CCCCC3N2)cn1. The fraction of sp³-hybridized carbons (Fsp3) is 0.733. The average molecular weight is 276 g/mol. The van der Waals surface area contributed by atoms with Crippen molar-refractivity contribution in [1.82, 2.24) is 15.1 Å². The molecule has 2 heterocycles. The highest BCUT2D eigenvalue weighted by atomic mass is 16.2. The fourth-order valence-corrected chi connectivity index (χ4v) is 3.44. The van der Waals surface area contributed by atoms with E-state index in [1.807, 2.05) is 10.9 Å². The third-order valence-corrected chi connectivity index (χ3v) is 4.58. The molecular weight excluding hydrogens is 252 g/mol. The molecule has 2 fully saturated rings. The Morgan fingerprint density at radius 2 is 2.25 bits per heavy atom. The highest BCUT2D eigenvalue weighted by Crippen LogP contribution is 2.33. The molecule has 3 unspecified atom stereocenters. The van der Waals surface area contributed by atoms with Crippen LogP contribution < -0.4 is 10.6 Å². The van der Waals surface area contributed by atoms with E-state index in [-0.39, 0.29) is 11.9 Å². The third-order valence-electron chi connectivity index (χ3n) is 4.58. The van der Waals surface area contributed by atoms with Crippen LogP contribution >= 0.6 is 0 Å². The lowest BCUT2D eigenvalue weighted by molar-refractivity contribution is -0.117. The van der Waals surface area contributed by atoms with E-state index in [9.17, 15) is 4.79 Å². The molecule has 3 rings (SSSR count). The summed E-state index contributed by atoms with van der Waals surface area (Å²) in [5.74, 6) is 0.778. The van der Waals surface area contributed by atoms with E-state index < -0.39 is 0 Å². The number of anilines is 1. The molecule has 5 nitrogen and oxygen atoms in total. The number of hydrogen-bond acceptors (Lipinski definition) is 3. The first-order chi connectivity index (χ1) is 9.63. The number of nitrogens with zero attached hydrogens (tertiary/aromatic N) is 2. The fourth-order valence-electron chi connectivity index (χ4n) is 3.44. The quantitative estimate of drug-likeness (QED) is 0.890. The number of carbonyl (C=O) groups is 1. The lowest BCUT2D eigenvalue weighted by Gasteiger charge is -2.24. The van der Waals surface area contributed by atoms with E-state index in [4.69, 9.17) is 0 Å². The van der Waals surface area contributed by atoms with Gasteiger partial charge in [0.05, 0.1) is 17.9 Å². The first-order valence-electron chi connectivity index (χ1n) is 7.74. The van der Waals surface area contributed by atoms with E-state index >= 15 is 0 Å². The number of carbonyl (C=O) groups excluding carboxylic acids is 1. The molecule has 3 atom stereocenters. The summed E-state index contributed by atoms with van der Waals surface area (Å²) in [5.41, 5.74) is 0.792. The Bertz CT molecular complexity index is 468. The minimum atomic E-state index is -0.0366. The molecule has 1 aliphatic carbocycles. The number of aromatic nitrogens is 2. The first kappa shape index (κ1) is 13.6. The number of nitrogens with one attached hydrogen (secondary N) is 2. The Balaban J connectivity index is 1.59. The van der Waals surface area contributed by atoms with Crippen molar-refractivity contribution in [2.75, 3.05) is 5.32 Å². The van der Waals surface area contributed by atoms with Gasteiger partial charge >= 0.3 is 0 Å². The maximum Gasteiger partial charge on any atom is 0.241 e. The standard InChI is InChI=1S/C15H24N4O/c1-10(2)19-9-12(8-16-19)17-15(20)14-7-11-5-3-4-6-13(11)18-14/h8-11,13-14,18H,3-7H2,1-2H3,(H,17,20). The molecule has 5 heteroatoms. The van der Waals surface area contributed by atoms with Gasteiger partial charge in [0.15, 0.2) is 0 Å². The van der Waals surface area contributed by atoms with Gasteiger partial charge < -0.3 is 10.6 Å². The number of amides is 1. The van der Waals surface area contributed by atoms with Gasteiger partial charge in [-0.2, -0.15) is 5.10 Å². The zero-order chi connectivity index (χ0) is 14.1. The van der Waals surface area contributed by atoms with Crippen molar-refractivity contribution >= 4 is 11.6 Å². The van der Waals surface area contributed by atoms with E-state index in [2.05, 4.69) is 29.6 Å². The van der Waals surface area contributed by atoms with Crippen LogP contribution in [0.5, 0.6) is 0 Å². The summed E-state index contributed by atoms with van der Waals surface area (Å²) in [5, 5.41) is 10.7. The average Bonchev–Trinajstić information content (AvgIpc) is 3.04. The molecule has 1 aromatic heterocycles. The zero-order valence-corrected chi connectivity index (χ0v) is 12.3. The van der Waals surface area contributed by atoms with Crippen molar-refractivity contribution in [3.63, 3.8) is 0 Å². The van der Waals surface area contributed by atoms with E-state index in [1.54, 1.807) is 6.20 Å². The van der Waals surface area contributed by atoms with Crippen LogP contribution in [-0.4, -0.2) is 27.8 Å². The summed E-state index contributed by atoms with van der Waals surface area (Å²) in [7, 11) is 0. The molecule has 1 aliphatic heterocycles. The maximum atomic E-state index is 12.3. The summed E-state index contributed by atoms with van der Waals surface area (Å²) in [6.07, 6.45) is 9.70. The van der Waals surface area contributed by atoms with Crippen LogP contribution in [0.4, 0.5) is 5.69 Å². The number of rotatable bonds is 3. The Kier molecular flexibility index (Phi) is 3.78. The van der Waals surface area contributed by atoms with Gasteiger partial charge in [0.2, 0.25) is 5.91 Å². The lowest BCUT2D eigenvalue weighted by Crippen LogP contribution is -2.39. The second-order valence-electron chi connectivity index (χ2n) is 6.40. The molecule has 20 heavy (non-hydrogen) atoms. The van der Waals surface area contributed by atoms with Gasteiger partial charge in [-0.15, -0.1) is 0 Å². The van der Waals surface area contributed by atoms with Gasteiger partial charge in [-0.1, -0.05) is 12.8 Å². The van der Waals surface area contributed by atoms with Crippen LogP contribution in [0.15, 0.2) is 12.4 Å². The molecule has 1 saturated heterocycles. The molecule has 1 aromatic rings. The molecule has 0 spiro atoms. The monoisotopic (exact) mass is 276 g/mol. The molecule has 0 bridgehead atoms. The topological polar surface area (TPSA) is 59.0 Å². The predicted octanol–water partition coefficient (Wildman–Crippen LogP) is 2.32. The van der Waals surface area contributed by atoms with Crippen molar-refractivity contribution in [2.45, 2.75) is 64.1 Å². The first-order valence-corrected chi connectivity index (χ1v) is 7.74. The molecule has 1 amide bonds. The minimum Gasteiger partial charge on any atom is -0.322 e. The minimum absolute atomic E-state index is 0.0366. The second-order valence-corrected chi connectivity index (χ2v) is 6.40. The van der Waals surface area contributed by atoms with Crippen LogP contribution in [0, 0.1) is 5.92 Å². The molecule has 110 valence electrons. The van der Waals surface area contributed by atoms with E-state index in [1.165, 1.54) is 25.7 Å². The van der Waals surface area contributed by atoms with Gasteiger partial charge in [0.1, 0.15) is 0 Å². The molecular formula is C15H24N4O. The lowest BCUT2D eigenvalue weighted by atomic mass is 9.85. The molecule has 0 radical (unpaired) electrons. The summed E-state index contributed by atoms with van der Waals surface area (Å²) in [6.45, 7) is 4.14. The van der Waals surface area contributed by atoms with Gasteiger partial charge in [0.25, 0.3) is 0 Å². The van der Waals surface area contributed by atoms with Crippen molar-refractivity contribution in [3.05, 3.63) is 12.4 Å². The third kappa shape index (κ3) is 2.73. The van der Waals surface area contributed by atoms with E-state index in [0.717, 1.165) is 12.1 Å². The second kappa shape index (κ2) is 5.56. The molecule has 0 aromatic carbocycles. The van der Waals surface area contributed by atoms with Crippen LogP contribution in [0.3, 0.4) is 0 Å². The summed E-state index contributed by atoms with van der Waals surface area (Å²) in [4.78, 5) is 12.3. The van der Waals surface area contributed by atoms with Gasteiger partial charge in [-0.25, -0.2) is 0 Å². The number of fused-ring (bicyclic) bond motifs is 1. The highest BCUT2D eigenvalue weighted by Gasteiger charge is 2.38. The number of hydrogen-bond donors (Lipinski definition) is 2. The normalized spacial score (nSPS) is 29.4. The predicted molar refractivity (Wildman–Crippen MR) is 78.5 cm³/mol. The molecule has 2 aliphatic rings. The van der Waals surface area contributed by atoms with Gasteiger partial charge in [0, 0.05) is 18.3 Å². The molecule has 1 saturated carbocycles. The van der Waals surface area contributed by atoms with Crippen molar-refractivity contribution in [3.8, 4) is 0 Å². The maximum absolute atomic E-state index is 12.3. The smallest absolute Gasteiger partial charge is 0.241 e. The van der Waals surface area contributed by atoms with E-state index in [0.29, 0.717) is 18.0 Å². The van der Waals surface area contributed by atoms with Crippen LogP contribution in [0.1, 0.15) is 52.0 Å². The van der Waals surface area contributed by atoms with Crippen LogP contribution in [0.2, 0.25) is 0 Å². The summed E-state index contributed by atoms with van der Waals surface area (Å²) >= 11 is 0. The van der Waals surface area contributed by atoms with Crippen molar-refractivity contribution in [1.29, 1.82) is 0 Å². The Morgan fingerprint density at radius 1 is 1.45 bits per heavy atom. The molecule has 2 N–H and O–H groups in total. The Morgan fingerprint density at radius 3 is 2.95 bits per heavy atom. The highest BCUT2D eigenvalue weighted by molar-refractivity contribution is 5.94. The van der Waals surface area contributed by atoms with Crippen LogP contribution in [-0.2, 0) is 4.79 Å². The van der Waals surface area contributed by atoms with Crippen molar-refractivity contribution < 1.29 is 4.79 Å². The summed E-state index contributed by atoms with van der Waals surface area (Å²) in [6, 6.07) is 0.830. The van der Waals surface area contributed by atoms with Crippen LogP contribution in [0.25, 0.3) is 0 Å². The Hall–Kier alpha value is -1.36. The zero-order valence-electron chi connectivity index (χ0n) is 12.3. The van der Waals surface area contributed by atoms with Gasteiger partial charge in [-0.3, -0.25) is 9.48 Å². The Labute approximate surface area is 120 Å². The van der Waals surface area contributed by atoms with Gasteiger partial charge in [-0.05, 0) is 39.0 Å².